The molecule has 0 aliphatic carbocycles. The fourth-order valence-electron chi connectivity index (χ4n) is 2.64. The van der Waals surface area contributed by atoms with Gasteiger partial charge in [-0.15, -0.1) is 5.10 Å². The third-order valence-corrected chi connectivity index (χ3v) is 5.05. The normalized spacial score (nSPS) is 12.0. The number of hydrogen-bond donors (Lipinski definition) is 0. The highest BCUT2D eigenvalue weighted by atomic mass is 32.2. The largest absolute Gasteiger partial charge is 0.338 e. The zero-order chi connectivity index (χ0) is 19.2. The number of hydrogen-bond acceptors (Lipinski definition) is 5. The van der Waals surface area contributed by atoms with Crippen molar-refractivity contribution in [2.75, 3.05) is 6.54 Å². The van der Waals surface area contributed by atoms with Crippen molar-refractivity contribution in [1.29, 1.82) is 0 Å². The molecule has 0 aliphatic rings. The van der Waals surface area contributed by atoms with Gasteiger partial charge in [-0.1, -0.05) is 48.2 Å². The molecular formula is C19H20FN5OS. The van der Waals surface area contributed by atoms with Crippen LogP contribution in [0.3, 0.4) is 0 Å². The second kappa shape index (κ2) is 8.77. The van der Waals surface area contributed by atoms with E-state index in [1.54, 1.807) is 17.0 Å². The van der Waals surface area contributed by atoms with Gasteiger partial charge in [0, 0.05) is 13.1 Å². The summed E-state index contributed by atoms with van der Waals surface area (Å²) in [4.78, 5) is 14.7. The lowest BCUT2D eigenvalue weighted by molar-refractivity contribution is -0.130. The van der Waals surface area contributed by atoms with Crippen molar-refractivity contribution in [2.24, 2.45) is 0 Å². The van der Waals surface area contributed by atoms with Crippen LogP contribution in [-0.2, 0) is 11.3 Å². The Hall–Kier alpha value is -2.74. The summed E-state index contributed by atoms with van der Waals surface area (Å²) >= 11 is 1.25. The van der Waals surface area contributed by atoms with Gasteiger partial charge in [0.15, 0.2) is 0 Å². The van der Waals surface area contributed by atoms with Crippen molar-refractivity contribution < 1.29 is 9.18 Å². The molecule has 0 radical (unpaired) electrons. The molecule has 0 saturated heterocycles. The number of nitrogens with zero attached hydrogens (tertiary/aromatic N) is 5. The summed E-state index contributed by atoms with van der Waals surface area (Å²) in [5.41, 5.74) is 1.59. The molecule has 0 aliphatic heterocycles. The molecule has 3 aromatic rings. The van der Waals surface area contributed by atoms with Gasteiger partial charge in [0.1, 0.15) is 5.82 Å². The number of halogens is 1. The average molecular weight is 385 g/mol. The third kappa shape index (κ3) is 4.71. The lowest BCUT2D eigenvalue weighted by Crippen LogP contribution is -2.36. The minimum atomic E-state index is -0.382. The van der Waals surface area contributed by atoms with Gasteiger partial charge in [-0.25, -0.2) is 4.39 Å². The Bertz CT molecular complexity index is 902. The first-order chi connectivity index (χ1) is 13.1. The molecule has 0 bridgehead atoms. The summed E-state index contributed by atoms with van der Waals surface area (Å²) in [6.07, 6.45) is 0. The summed E-state index contributed by atoms with van der Waals surface area (Å²) in [6, 6.07) is 15.9. The monoisotopic (exact) mass is 385 g/mol. The van der Waals surface area contributed by atoms with E-state index in [1.807, 2.05) is 44.2 Å². The Morgan fingerprint density at radius 1 is 1.22 bits per heavy atom. The second-order valence-electron chi connectivity index (χ2n) is 5.95. The van der Waals surface area contributed by atoms with E-state index < -0.39 is 0 Å². The van der Waals surface area contributed by atoms with E-state index in [2.05, 4.69) is 15.5 Å². The molecule has 0 saturated carbocycles. The zero-order valence-corrected chi connectivity index (χ0v) is 15.9. The lowest BCUT2D eigenvalue weighted by Gasteiger charge is -2.24. The first-order valence-electron chi connectivity index (χ1n) is 8.62. The molecule has 0 spiro atoms. The van der Waals surface area contributed by atoms with Crippen molar-refractivity contribution in [3.63, 3.8) is 0 Å². The molecule has 27 heavy (non-hydrogen) atoms. The van der Waals surface area contributed by atoms with E-state index in [0.29, 0.717) is 23.9 Å². The molecule has 1 unspecified atom stereocenters. The number of carbonyl (C=O) groups is 1. The van der Waals surface area contributed by atoms with Crippen molar-refractivity contribution >= 4 is 17.7 Å². The summed E-state index contributed by atoms with van der Waals surface area (Å²) < 4.78 is 14.9. The van der Waals surface area contributed by atoms with E-state index >= 15 is 0 Å². The van der Waals surface area contributed by atoms with Gasteiger partial charge in [-0.05, 0) is 48.0 Å². The maximum Gasteiger partial charge on any atom is 0.236 e. The van der Waals surface area contributed by atoms with Crippen LogP contribution in [0.15, 0.2) is 59.8 Å². The first-order valence-corrected chi connectivity index (χ1v) is 9.50. The van der Waals surface area contributed by atoms with Crippen LogP contribution in [0.5, 0.6) is 0 Å². The van der Waals surface area contributed by atoms with Crippen LogP contribution in [0.2, 0.25) is 0 Å². The molecule has 0 N–H and O–H groups in total. The maximum absolute atomic E-state index is 13.5. The Kier molecular flexibility index (Phi) is 6.18. The maximum atomic E-state index is 13.5. The standard InChI is InChI=1S/C19H20FN5OS/c1-3-24(13-15-8-5-4-6-9-15)18(26)14(2)27-19-21-22-23-25(19)17-11-7-10-16(20)12-17/h4-12,14H,3,13H2,1-2H3. The highest BCUT2D eigenvalue weighted by Crippen LogP contribution is 2.24. The lowest BCUT2D eigenvalue weighted by atomic mass is 10.2. The molecule has 0 fully saturated rings. The van der Waals surface area contributed by atoms with Crippen LogP contribution >= 0.6 is 11.8 Å². The minimum absolute atomic E-state index is 0.000135. The molecule has 3 rings (SSSR count). The van der Waals surface area contributed by atoms with Crippen molar-refractivity contribution in [1.82, 2.24) is 25.1 Å². The molecule has 1 heterocycles. The van der Waals surface area contributed by atoms with Gasteiger partial charge in [-0.3, -0.25) is 4.79 Å². The van der Waals surface area contributed by atoms with Crippen LogP contribution in [0.4, 0.5) is 4.39 Å². The molecule has 1 amide bonds. The summed E-state index contributed by atoms with van der Waals surface area (Å²) in [6.45, 7) is 4.93. The van der Waals surface area contributed by atoms with E-state index in [9.17, 15) is 9.18 Å². The number of amides is 1. The first kappa shape index (κ1) is 19.0. The molecule has 6 nitrogen and oxygen atoms in total. The van der Waals surface area contributed by atoms with Gasteiger partial charge < -0.3 is 4.90 Å². The number of carbonyl (C=O) groups excluding carboxylic acids is 1. The number of rotatable bonds is 7. The SMILES string of the molecule is CCN(Cc1ccccc1)C(=O)C(C)Sc1nnnn1-c1cccc(F)c1. The fourth-order valence-corrected chi connectivity index (χ4v) is 3.53. The molecule has 1 aromatic heterocycles. The smallest absolute Gasteiger partial charge is 0.236 e. The van der Waals surface area contributed by atoms with Crippen molar-refractivity contribution in [3.05, 3.63) is 66.0 Å². The number of tetrazole rings is 1. The second-order valence-corrected chi connectivity index (χ2v) is 7.26. The highest BCUT2D eigenvalue weighted by molar-refractivity contribution is 8.00. The van der Waals surface area contributed by atoms with Gasteiger partial charge in [0.25, 0.3) is 0 Å². The van der Waals surface area contributed by atoms with Gasteiger partial charge in [0.05, 0.1) is 10.9 Å². The van der Waals surface area contributed by atoms with E-state index in [0.717, 1.165) is 5.56 Å². The van der Waals surface area contributed by atoms with Gasteiger partial charge >= 0.3 is 0 Å². The van der Waals surface area contributed by atoms with Crippen molar-refractivity contribution in [3.8, 4) is 5.69 Å². The van der Waals surface area contributed by atoms with Crippen LogP contribution in [0.25, 0.3) is 5.69 Å². The Morgan fingerprint density at radius 2 is 2.00 bits per heavy atom. The van der Waals surface area contributed by atoms with Crippen LogP contribution in [0.1, 0.15) is 19.4 Å². The topological polar surface area (TPSA) is 63.9 Å². The fraction of sp³-hybridized carbons (Fsp3) is 0.263. The quantitative estimate of drug-likeness (QED) is 0.584. The number of benzene rings is 2. The molecule has 140 valence electrons. The summed E-state index contributed by atoms with van der Waals surface area (Å²) in [5, 5.41) is 11.6. The highest BCUT2D eigenvalue weighted by Gasteiger charge is 2.23. The summed E-state index contributed by atoms with van der Waals surface area (Å²) in [5.74, 6) is -0.372. The van der Waals surface area contributed by atoms with Crippen LogP contribution in [0, 0.1) is 5.82 Å². The average Bonchev–Trinajstić information content (AvgIpc) is 3.14. The van der Waals surface area contributed by atoms with Crippen molar-refractivity contribution in [2.45, 2.75) is 30.8 Å². The predicted molar refractivity (Wildman–Crippen MR) is 102 cm³/mol. The van der Waals surface area contributed by atoms with Crippen LogP contribution in [-0.4, -0.2) is 42.8 Å². The van der Waals surface area contributed by atoms with E-state index in [4.69, 9.17) is 0 Å². The Balaban J connectivity index is 1.72. The van der Waals surface area contributed by atoms with Gasteiger partial charge in [0.2, 0.25) is 11.1 Å². The van der Waals surface area contributed by atoms with Gasteiger partial charge in [-0.2, -0.15) is 4.68 Å². The Labute approximate surface area is 161 Å². The molecule has 8 heteroatoms. The number of aromatic nitrogens is 4. The minimum Gasteiger partial charge on any atom is -0.338 e. The molecule has 2 aromatic carbocycles. The van der Waals surface area contributed by atoms with E-state index in [-0.39, 0.29) is 17.0 Å². The predicted octanol–water partition coefficient (Wildman–Crippen LogP) is 3.33. The summed E-state index contributed by atoms with van der Waals surface area (Å²) in [7, 11) is 0. The molecular weight excluding hydrogens is 365 g/mol. The zero-order valence-electron chi connectivity index (χ0n) is 15.1. The molecule has 1 atom stereocenters. The number of thioether (sulfide) groups is 1. The van der Waals surface area contributed by atoms with Crippen LogP contribution < -0.4 is 0 Å². The third-order valence-electron chi connectivity index (χ3n) is 4.03. The van der Waals surface area contributed by atoms with E-state index in [1.165, 1.54) is 28.6 Å². The Morgan fingerprint density at radius 3 is 2.70 bits per heavy atom.